The second kappa shape index (κ2) is 5.62. The molecule has 0 amide bonds. The highest BCUT2D eigenvalue weighted by atomic mass is 35.5. The first kappa shape index (κ1) is 14.9. The normalized spacial score (nSPS) is 15.6. The molecule has 0 saturated heterocycles. The molecule has 1 aliphatic rings. The Labute approximate surface area is 135 Å². The number of carbonyl (C=O) groups is 1. The average molecular weight is 313 g/mol. The van der Waals surface area contributed by atoms with Crippen LogP contribution in [0.15, 0.2) is 48.5 Å². The topological polar surface area (TPSA) is 26.3 Å². The van der Waals surface area contributed by atoms with Gasteiger partial charge in [0.1, 0.15) is 11.4 Å². The van der Waals surface area contributed by atoms with Crippen LogP contribution in [0.4, 0.5) is 0 Å². The van der Waals surface area contributed by atoms with Crippen LogP contribution in [0, 0.1) is 0 Å². The number of carbonyl (C=O) groups excluding carboxylic acids is 1. The SMILES string of the molecule is CC1(C)Cc2cc(C(=O)C=Cc3ccc(Cl)cc3)ccc2O1. The summed E-state index contributed by atoms with van der Waals surface area (Å²) in [5, 5.41) is 0.685. The van der Waals surface area contributed by atoms with Crippen molar-refractivity contribution in [2.75, 3.05) is 0 Å². The maximum absolute atomic E-state index is 12.3. The van der Waals surface area contributed by atoms with Gasteiger partial charge in [-0.05, 0) is 61.4 Å². The van der Waals surface area contributed by atoms with E-state index in [-0.39, 0.29) is 11.4 Å². The van der Waals surface area contributed by atoms with Gasteiger partial charge >= 0.3 is 0 Å². The molecule has 0 unspecified atom stereocenters. The van der Waals surface area contributed by atoms with Crippen LogP contribution in [0.2, 0.25) is 5.02 Å². The number of ketones is 1. The highest BCUT2D eigenvalue weighted by Gasteiger charge is 2.30. The molecule has 0 bridgehead atoms. The number of benzene rings is 2. The Kier molecular flexibility index (Phi) is 3.79. The summed E-state index contributed by atoms with van der Waals surface area (Å²) >= 11 is 5.84. The molecule has 2 nitrogen and oxygen atoms in total. The summed E-state index contributed by atoms with van der Waals surface area (Å²) in [6, 6.07) is 13.0. The first-order chi connectivity index (χ1) is 10.4. The number of halogens is 1. The van der Waals surface area contributed by atoms with Gasteiger partial charge in [-0.1, -0.05) is 29.8 Å². The van der Waals surface area contributed by atoms with Crippen LogP contribution in [0.5, 0.6) is 5.75 Å². The van der Waals surface area contributed by atoms with Crippen molar-refractivity contribution in [3.8, 4) is 5.75 Å². The Balaban J connectivity index is 1.78. The largest absolute Gasteiger partial charge is 0.487 e. The fourth-order valence-corrected chi connectivity index (χ4v) is 2.73. The summed E-state index contributed by atoms with van der Waals surface area (Å²) in [5.41, 5.74) is 2.53. The molecular weight excluding hydrogens is 296 g/mol. The lowest BCUT2D eigenvalue weighted by Gasteiger charge is -2.16. The molecule has 1 heterocycles. The third-order valence-corrected chi connectivity index (χ3v) is 3.90. The molecule has 0 fully saturated rings. The van der Waals surface area contributed by atoms with E-state index >= 15 is 0 Å². The Bertz CT molecular complexity index is 743. The van der Waals surface area contributed by atoms with Crippen molar-refractivity contribution in [3.05, 3.63) is 70.3 Å². The molecule has 3 rings (SSSR count). The molecule has 1 aliphatic heterocycles. The summed E-state index contributed by atoms with van der Waals surface area (Å²) in [5.74, 6) is 0.866. The van der Waals surface area contributed by atoms with Gasteiger partial charge in [-0.3, -0.25) is 4.79 Å². The zero-order valence-corrected chi connectivity index (χ0v) is 13.4. The first-order valence-corrected chi connectivity index (χ1v) is 7.61. The Hall–Kier alpha value is -2.06. The Morgan fingerprint density at radius 2 is 1.91 bits per heavy atom. The molecule has 0 atom stereocenters. The quantitative estimate of drug-likeness (QED) is 0.592. The van der Waals surface area contributed by atoms with Gasteiger partial charge < -0.3 is 4.74 Å². The van der Waals surface area contributed by atoms with Gasteiger partial charge in [0.25, 0.3) is 0 Å². The van der Waals surface area contributed by atoms with E-state index in [9.17, 15) is 4.79 Å². The summed E-state index contributed by atoms with van der Waals surface area (Å²) in [6.45, 7) is 4.10. The second-order valence-electron chi connectivity index (χ2n) is 6.11. The third-order valence-electron chi connectivity index (χ3n) is 3.64. The van der Waals surface area contributed by atoms with E-state index in [2.05, 4.69) is 13.8 Å². The van der Waals surface area contributed by atoms with Gasteiger partial charge in [0.2, 0.25) is 0 Å². The van der Waals surface area contributed by atoms with Crippen molar-refractivity contribution in [3.63, 3.8) is 0 Å². The van der Waals surface area contributed by atoms with Crippen LogP contribution < -0.4 is 4.74 Å². The lowest BCUT2D eigenvalue weighted by Crippen LogP contribution is -2.24. The van der Waals surface area contributed by atoms with E-state index in [1.165, 1.54) is 0 Å². The molecular formula is C19H17ClO2. The van der Waals surface area contributed by atoms with Crippen LogP contribution in [0.25, 0.3) is 6.08 Å². The lowest BCUT2D eigenvalue weighted by atomic mass is 9.99. The van der Waals surface area contributed by atoms with Gasteiger partial charge in [-0.25, -0.2) is 0 Å². The smallest absolute Gasteiger partial charge is 0.185 e. The van der Waals surface area contributed by atoms with Crippen LogP contribution >= 0.6 is 11.6 Å². The van der Waals surface area contributed by atoms with E-state index in [1.807, 2.05) is 30.3 Å². The van der Waals surface area contributed by atoms with Gasteiger partial charge in [0.05, 0.1) is 0 Å². The van der Waals surface area contributed by atoms with Crippen LogP contribution in [-0.2, 0) is 6.42 Å². The van der Waals surface area contributed by atoms with Crippen molar-refractivity contribution in [1.29, 1.82) is 0 Å². The minimum absolute atomic E-state index is 0.0116. The van der Waals surface area contributed by atoms with Gasteiger partial charge in [-0.2, -0.15) is 0 Å². The number of hydrogen-bond acceptors (Lipinski definition) is 2. The summed E-state index contributed by atoms with van der Waals surface area (Å²) in [4.78, 5) is 12.3. The number of hydrogen-bond donors (Lipinski definition) is 0. The summed E-state index contributed by atoms with van der Waals surface area (Å²) in [6.07, 6.45) is 4.21. The molecule has 0 aromatic heterocycles. The van der Waals surface area contributed by atoms with E-state index < -0.39 is 0 Å². The highest BCUT2D eigenvalue weighted by molar-refractivity contribution is 6.30. The number of ether oxygens (including phenoxy) is 1. The molecule has 0 radical (unpaired) electrons. The molecule has 0 aliphatic carbocycles. The molecule has 0 spiro atoms. The molecule has 22 heavy (non-hydrogen) atoms. The third kappa shape index (κ3) is 3.23. The van der Waals surface area contributed by atoms with Crippen molar-refractivity contribution in [2.45, 2.75) is 25.9 Å². The molecule has 3 heteroatoms. The zero-order chi connectivity index (χ0) is 15.7. The maximum Gasteiger partial charge on any atom is 0.185 e. The van der Waals surface area contributed by atoms with Crippen molar-refractivity contribution in [2.24, 2.45) is 0 Å². The average Bonchev–Trinajstić information content (AvgIpc) is 2.79. The predicted molar refractivity (Wildman–Crippen MR) is 89.7 cm³/mol. The molecule has 112 valence electrons. The second-order valence-corrected chi connectivity index (χ2v) is 6.55. The molecule has 0 N–H and O–H groups in total. The Morgan fingerprint density at radius 1 is 1.18 bits per heavy atom. The first-order valence-electron chi connectivity index (χ1n) is 7.23. The number of fused-ring (bicyclic) bond motifs is 1. The predicted octanol–water partition coefficient (Wildman–Crippen LogP) is 4.95. The summed E-state index contributed by atoms with van der Waals surface area (Å²) in [7, 11) is 0. The highest BCUT2D eigenvalue weighted by Crippen LogP contribution is 2.35. The maximum atomic E-state index is 12.3. The van der Waals surface area contributed by atoms with E-state index in [1.54, 1.807) is 24.3 Å². The number of allylic oxidation sites excluding steroid dienone is 1. The van der Waals surface area contributed by atoms with Gasteiger partial charge in [0.15, 0.2) is 5.78 Å². The Morgan fingerprint density at radius 3 is 2.64 bits per heavy atom. The van der Waals surface area contributed by atoms with Crippen molar-refractivity contribution >= 4 is 23.5 Å². The standard InChI is InChI=1S/C19H17ClO2/c1-19(2)12-15-11-14(6-10-18(15)22-19)17(21)9-5-13-3-7-16(20)8-4-13/h3-11H,12H2,1-2H3. The van der Waals surface area contributed by atoms with Crippen molar-refractivity contribution in [1.82, 2.24) is 0 Å². The fraction of sp³-hybridized carbons (Fsp3) is 0.211. The lowest BCUT2D eigenvalue weighted by molar-refractivity contribution is 0.104. The van der Waals surface area contributed by atoms with E-state index in [0.29, 0.717) is 10.6 Å². The van der Waals surface area contributed by atoms with Crippen LogP contribution in [0.1, 0.15) is 35.3 Å². The van der Waals surface area contributed by atoms with Gasteiger partial charge in [-0.15, -0.1) is 0 Å². The molecule has 2 aromatic carbocycles. The molecule has 0 saturated carbocycles. The van der Waals surface area contributed by atoms with Crippen LogP contribution in [-0.4, -0.2) is 11.4 Å². The molecule has 2 aromatic rings. The fourth-order valence-electron chi connectivity index (χ4n) is 2.60. The number of rotatable bonds is 3. The van der Waals surface area contributed by atoms with Crippen molar-refractivity contribution < 1.29 is 9.53 Å². The van der Waals surface area contributed by atoms with E-state index in [4.69, 9.17) is 16.3 Å². The van der Waals surface area contributed by atoms with Crippen LogP contribution in [0.3, 0.4) is 0 Å². The summed E-state index contributed by atoms with van der Waals surface area (Å²) < 4.78 is 5.83. The minimum atomic E-state index is -0.191. The monoisotopic (exact) mass is 312 g/mol. The van der Waals surface area contributed by atoms with E-state index in [0.717, 1.165) is 23.3 Å². The van der Waals surface area contributed by atoms with Gasteiger partial charge in [0, 0.05) is 17.0 Å². The zero-order valence-electron chi connectivity index (χ0n) is 12.6. The minimum Gasteiger partial charge on any atom is -0.487 e.